The molecule has 0 aliphatic rings. The largest absolute Gasteiger partial charge is 0.497 e. The third kappa shape index (κ3) is 2.86. The predicted octanol–water partition coefficient (Wildman–Crippen LogP) is 3.39. The number of methoxy groups -OCH3 is 2. The first-order chi connectivity index (χ1) is 10.3. The van der Waals surface area contributed by atoms with Crippen molar-refractivity contribution < 1.29 is 9.47 Å². The molecule has 0 radical (unpaired) electrons. The van der Waals surface area contributed by atoms with Gasteiger partial charge in [0.2, 0.25) is 5.88 Å². The van der Waals surface area contributed by atoms with Crippen LogP contribution in [0.1, 0.15) is 0 Å². The van der Waals surface area contributed by atoms with E-state index in [0.717, 1.165) is 28.0 Å². The number of benzene rings is 1. The highest BCUT2D eigenvalue weighted by atomic mass is 16.5. The number of nitrogens with one attached hydrogen (secondary N) is 1. The second-order valence-corrected chi connectivity index (χ2v) is 4.50. The molecule has 0 unspecified atom stereocenters. The highest BCUT2D eigenvalue weighted by Crippen LogP contribution is 2.23. The lowest BCUT2D eigenvalue weighted by Crippen LogP contribution is -1.95. The smallest absolute Gasteiger partial charge is 0.213 e. The molecule has 3 aromatic rings. The van der Waals surface area contributed by atoms with Crippen LogP contribution in [0.3, 0.4) is 0 Å². The Morgan fingerprint density at radius 1 is 0.857 bits per heavy atom. The molecule has 106 valence electrons. The van der Waals surface area contributed by atoms with Crippen molar-refractivity contribution in [1.29, 1.82) is 0 Å². The third-order valence-corrected chi connectivity index (χ3v) is 3.15. The normalized spacial score (nSPS) is 10.4. The van der Waals surface area contributed by atoms with Gasteiger partial charge < -0.3 is 14.8 Å². The van der Waals surface area contributed by atoms with Crippen LogP contribution in [0.15, 0.2) is 48.8 Å². The van der Waals surface area contributed by atoms with Crippen molar-refractivity contribution in [3.8, 4) is 11.6 Å². The Balaban J connectivity index is 1.86. The molecule has 2 aromatic heterocycles. The van der Waals surface area contributed by atoms with E-state index in [1.165, 1.54) is 0 Å². The zero-order valence-corrected chi connectivity index (χ0v) is 11.8. The van der Waals surface area contributed by atoms with Crippen LogP contribution in [-0.2, 0) is 0 Å². The van der Waals surface area contributed by atoms with Gasteiger partial charge in [0.1, 0.15) is 11.6 Å². The number of hydrogen-bond donors (Lipinski definition) is 1. The van der Waals surface area contributed by atoms with Crippen LogP contribution >= 0.6 is 0 Å². The number of hydrogen-bond acceptors (Lipinski definition) is 5. The minimum Gasteiger partial charge on any atom is -0.497 e. The van der Waals surface area contributed by atoms with Crippen LogP contribution in [0, 0.1) is 0 Å². The lowest BCUT2D eigenvalue weighted by atomic mass is 10.1. The summed E-state index contributed by atoms with van der Waals surface area (Å²) in [5.41, 5.74) is 0.858. The van der Waals surface area contributed by atoms with Crippen molar-refractivity contribution in [3.63, 3.8) is 0 Å². The quantitative estimate of drug-likeness (QED) is 0.794. The zero-order chi connectivity index (χ0) is 14.7. The maximum atomic E-state index is 5.21. The topological polar surface area (TPSA) is 56.3 Å². The lowest BCUT2D eigenvalue weighted by Gasteiger charge is -2.08. The molecule has 5 heteroatoms. The number of anilines is 2. The maximum Gasteiger partial charge on any atom is 0.213 e. The molecule has 1 aromatic carbocycles. The Morgan fingerprint density at radius 3 is 2.48 bits per heavy atom. The highest BCUT2D eigenvalue weighted by molar-refractivity contribution is 5.85. The van der Waals surface area contributed by atoms with Crippen LogP contribution in [-0.4, -0.2) is 24.2 Å². The van der Waals surface area contributed by atoms with Gasteiger partial charge in [0, 0.05) is 17.6 Å². The minimum atomic E-state index is 0.583. The second-order valence-electron chi connectivity index (χ2n) is 4.50. The molecule has 0 fully saturated rings. The first-order valence-corrected chi connectivity index (χ1v) is 6.49. The molecule has 0 spiro atoms. The summed E-state index contributed by atoms with van der Waals surface area (Å²) >= 11 is 0. The Labute approximate surface area is 122 Å². The summed E-state index contributed by atoms with van der Waals surface area (Å²) in [6.07, 6.45) is 3.52. The van der Waals surface area contributed by atoms with E-state index in [4.69, 9.17) is 9.47 Å². The van der Waals surface area contributed by atoms with Crippen molar-refractivity contribution in [2.75, 3.05) is 19.5 Å². The Kier molecular flexibility index (Phi) is 3.55. The molecule has 0 saturated heterocycles. The molecular formula is C16H15N3O2. The molecule has 3 rings (SSSR count). The molecule has 0 aliphatic heterocycles. The molecule has 0 atom stereocenters. The fourth-order valence-electron chi connectivity index (χ4n) is 2.04. The van der Waals surface area contributed by atoms with Gasteiger partial charge >= 0.3 is 0 Å². The lowest BCUT2D eigenvalue weighted by molar-refractivity contribution is 0.398. The maximum absolute atomic E-state index is 5.21. The summed E-state index contributed by atoms with van der Waals surface area (Å²) in [5, 5.41) is 5.34. The summed E-state index contributed by atoms with van der Waals surface area (Å²) in [6, 6.07) is 11.6. The minimum absolute atomic E-state index is 0.583. The van der Waals surface area contributed by atoms with E-state index in [2.05, 4.69) is 15.3 Å². The van der Waals surface area contributed by atoms with Gasteiger partial charge in [0.15, 0.2) is 0 Å². The van der Waals surface area contributed by atoms with E-state index in [1.54, 1.807) is 26.5 Å². The van der Waals surface area contributed by atoms with Gasteiger partial charge in [-0.1, -0.05) is 6.07 Å². The highest BCUT2D eigenvalue weighted by Gasteiger charge is 2.01. The number of rotatable bonds is 4. The van der Waals surface area contributed by atoms with Gasteiger partial charge in [0.25, 0.3) is 0 Å². The van der Waals surface area contributed by atoms with Crippen molar-refractivity contribution in [2.45, 2.75) is 0 Å². The molecular weight excluding hydrogens is 266 g/mol. The number of pyridine rings is 2. The molecule has 0 amide bonds. The Hall–Kier alpha value is -2.82. The van der Waals surface area contributed by atoms with Gasteiger partial charge in [-0.25, -0.2) is 9.97 Å². The van der Waals surface area contributed by atoms with Gasteiger partial charge in [-0.15, -0.1) is 0 Å². The number of nitrogens with zero attached hydrogens (tertiary/aromatic N) is 2. The number of ether oxygens (including phenoxy) is 2. The second kappa shape index (κ2) is 5.66. The monoisotopic (exact) mass is 281 g/mol. The summed E-state index contributed by atoms with van der Waals surface area (Å²) in [6.45, 7) is 0. The third-order valence-electron chi connectivity index (χ3n) is 3.15. The van der Waals surface area contributed by atoms with E-state index < -0.39 is 0 Å². The van der Waals surface area contributed by atoms with Crippen LogP contribution in [0.25, 0.3) is 10.8 Å². The first kappa shape index (κ1) is 13.2. The van der Waals surface area contributed by atoms with Crippen molar-refractivity contribution in [2.24, 2.45) is 0 Å². The van der Waals surface area contributed by atoms with Crippen LogP contribution in [0.4, 0.5) is 11.5 Å². The number of aromatic nitrogens is 2. The van der Waals surface area contributed by atoms with Crippen molar-refractivity contribution >= 4 is 22.3 Å². The van der Waals surface area contributed by atoms with Crippen LogP contribution in [0.5, 0.6) is 11.6 Å². The Bertz CT molecular complexity index is 757. The number of fused-ring (bicyclic) bond motifs is 1. The van der Waals surface area contributed by atoms with Crippen LogP contribution < -0.4 is 14.8 Å². The standard InChI is InChI=1S/C16H15N3O2/c1-20-14-5-3-11-8-15(17-9-12(11)7-14)19-13-4-6-16(21-2)18-10-13/h3-10H,1-2H3,(H,17,19). The average molecular weight is 281 g/mol. The van der Waals surface area contributed by atoms with Crippen LogP contribution in [0.2, 0.25) is 0 Å². The summed E-state index contributed by atoms with van der Waals surface area (Å²) in [4.78, 5) is 8.54. The molecule has 0 bridgehead atoms. The van der Waals surface area contributed by atoms with Gasteiger partial charge in [0.05, 0.1) is 26.1 Å². The molecule has 1 N–H and O–H groups in total. The summed E-state index contributed by atoms with van der Waals surface area (Å²) in [5.74, 6) is 2.17. The van der Waals surface area contributed by atoms with E-state index in [1.807, 2.05) is 36.5 Å². The SMILES string of the molecule is COc1ccc2cc(Nc3ccc(OC)nc3)ncc2c1. The molecule has 21 heavy (non-hydrogen) atoms. The van der Waals surface area contributed by atoms with Gasteiger partial charge in [-0.3, -0.25) is 0 Å². The molecule has 0 saturated carbocycles. The van der Waals surface area contributed by atoms with E-state index in [0.29, 0.717) is 5.88 Å². The molecule has 2 heterocycles. The van der Waals surface area contributed by atoms with Gasteiger partial charge in [-0.05, 0) is 29.7 Å². The van der Waals surface area contributed by atoms with Crippen molar-refractivity contribution in [1.82, 2.24) is 9.97 Å². The fourth-order valence-corrected chi connectivity index (χ4v) is 2.04. The average Bonchev–Trinajstić information content (AvgIpc) is 2.55. The molecule has 5 nitrogen and oxygen atoms in total. The Morgan fingerprint density at radius 2 is 1.76 bits per heavy atom. The van der Waals surface area contributed by atoms with E-state index in [9.17, 15) is 0 Å². The zero-order valence-electron chi connectivity index (χ0n) is 11.8. The molecule has 0 aliphatic carbocycles. The first-order valence-electron chi connectivity index (χ1n) is 6.49. The van der Waals surface area contributed by atoms with E-state index >= 15 is 0 Å². The predicted molar refractivity (Wildman–Crippen MR) is 82.4 cm³/mol. The van der Waals surface area contributed by atoms with E-state index in [-0.39, 0.29) is 0 Å². The van der Waals surface area contributed by atoms with Crippen molar-refractivity contribution in [3.05, 3.63) is 48.8 Å². The summed E-state index contributed by atoms with van der Waals surface area (Å²) in [7, 11) is 3.25. The summed E-state index contributed by atoms with van der Waals surface area (Å²) < 4.78 is 10.2. The van der Waals surface area contributed by atoms with Gasteiger partial charge in [-0.2, -0.15) is 0 Å². The fraction of sp³-hybridized carbons (Fsp3) is 0.125.